The number of rotatable bonds is 1. The van der Waals surface area contributed by atoms with E-state index in [4.69, 9.17) is 16.0 Å². The lowest BCUT2D eigenvalue weighted by molar-refractivity contribution is 0.608. The lowest BCUT2D eigenvalue weighted by Gasteiger charge is -1.94. The van der Waals surface area contributed by atoms with Gasteiger partial charge in [0.05, 0.1) is 5.02 Å². The quantitative estimate of drug-likeness (QED) is 0.615. The summed E-state index contributed by atoms with van der Waals surface area (Å²) in [4.78, 5) is 8.44. The molecule has 0 radical (unpaired) electrons. The average Bonchev–Trinajstić information content (AvgIpc) is 2.72. The lowest BCUT2D eigenvalue weighted by atomic mass is 10.2. The summed E-state index contributed by atoms with van der Waals surface area (Å²) in [5, 5.41) is 0.556. The highest BCUT2D eigenvalue weighted by molar-refractivity contribution is 14.1. The molecule has 0 fully saturated rings. The van der Waals surface area contributed by atoms with Gasteiger partial charge < -0.3 is 4.42 Å². The van der Waals surface area contributed by atoms with Gasteiger partial charge in [0.2, 0.25) is 11.6 Å². The van der Waals surface area contributed by atoms with Crippen LogP contribution in [0, 0.1) is 3.57 Å². The molecule has 0 aliphatic rings. The van der Waals surface area contributed by atoms with Gasteiger partial charge in [0.25, 0.3) is 0 Å². The normalized spacial score (nSPS) is 10.9. The highest BCUT2D eigenvalue weighted by Gasteiger charge is 2.09. The summed E-state index contributed by atoms with van der Waals surface area (Å²) in [5.41, 5.74) is 2.11. The molecule has 2 heterocycles. The summed E-state index contributed by atoms with van der Waals surface area (Å²) in [6, 6.07) is 9.68. The smallest absolute Gasteiger partial charge is 0.247 e. The number of pyridine rings is 1. The minimum absolute atomic E-state index is 0.503. The maximum atomic E-state index is 5.85. The van der Waals surface area contributed by atoms with Gasteiger partial charge in [-0.05, 0) is 52.9 Å². The molecule has 0 bridgehead atoms. The first kappa shape index (κ1) is 11.0. The molecule has 5 heteroatoms. The topological polar surface area (TPSA) is 38.9 Å². The second-order valence-electron chi connectivity index (χ2n) is 3.50. The number of hydrogen-bond donors (Lipinski definition) is 0. The van der Waals surface area contributed by atoms with Crippen molar-refractivity contribution < 1.29 is 4.42 Å². The minimum Gasteiger partial charge on any atom is -0.418 e. The standard InChI is InChI=1S/C12H6ClIN2O/c13-8-5-10-12(15-6-8)17-11(16-10)7-1-3-9(14)4-2-7/h1-6H. The molecule has 0 amide bonds. The summed E-state index contributed by atoms with van der Waals surface area (Å²) in [6.45, 7) is 0. The molecule has 3 aromatic rings. The third kappa shape index (κ3) is 2.14. The van der Waals surface area contributed by atoms with Crippen molar-refractivity contribution in [1.29, 1.82) is 0 Å². The Bertz CT molecular complexity index is 679. The third-order valence-electron chi connectivity index (χ3n) is 2.31. The van der Waals surface area contributed by atoms with E-state index in [2.05, 4.69) is 32.6 Å². The number of fused-ring (bicyclic) bond motifs is 1. The second-order valence-corrected chi connectivity index (χ2v) is 5.19. The minimum atomic E-state index is 0.503. The lowest BCUT2D eigenvalue weighted by Crippen LogP contribution is -1.77. The molecule has 3 nitrogen and oxygen atoms in total. The highest BCUT2D eigenvalue weighted by Crippen LogP contribution is 2.24. The van der Waals surface area contributed by atoms with Crippen LogP contribution < -0.4 is 0 Å². The largest absolute Gasteiger partial charge is 0.418 e. The van der Waals surface area contributed by atoms with Crippen LogP contribution in [0.5, 0.6) is 0 Å². The number of aromatic nitrogens is 2. The molecular formula is C12H6ClIN2O. The van der Waals surface area contributed by atoms with Crippen LogP contribution >= 0.6 is 34.2 Å². The monoisotopic (exact) mass is 356 g/mol. The second kappa shape index (κ2) is 4.27. The van der Waals surface area contributed by atoms with Crippen molar-refractivity contribution in [2.45, 2.75) is 0 Å². The fourth-order valence-corrected chi connectivity index (χ4v) is 2.03. The SMILES string of the molecule is Clc1cnc2oc(-c3ccc(I)cc3)nc2c1. The molecule has 17 heavy (non-hydrogen) atoms. The Kier molecular flexibility index (Phi) is 2.76. The molecular weight excluding hydrogens is 351 g/mol. The molecule has 0 atom stereocenters. The van der Waals surface area contributed by atoms with E-state index < -0.39 is 0 Å². The van der Waals surface area contributed by atoms with E-state index in [0.29, 0.717) is 22.1 Å². The summed E-state index contributed by atoms with van der Waals surface area (Å²) >= 11 is 8.10. The Morgan fingerprint density at radius 3 is 2.71 bits per heavy atom. The van der Waals surface area contributed by atoms with Crippen molar-refractivity contribution in [3.63, 3.8) is 0 Å². The molecule has 0 aliphatic carbocycles. The predicted molar refractivity (Wildman–Crippen MR) is 75.0 cm³/mol. The van der Waals surface area contributed by atoms with E-state index in [9.17, 15) is 0 Å². The molecule has 0 saturated heterocycles. The molecule has 0 unspecified atom stereocenters. The molecule has 3 rings (SSSR count). The highest BCUT2D eigenvalue weighted by atomic mass is 127. The van der Waals surface area contributed by atoms with E-state index in [0.717, 1.165) is 5.56 Å². The molecule has 0 spiro atoms. The fraction of sp³-hybridized carbons (Fsp3) is 0. The zero-order chi connectivity index (χ0) is 11.8. The van der Waals surface area contributed by atoms with E-state index in [1.807, 2.05) is 24.3 Å². The van der Waals surface area contributed by atoms with Crippen LogP contribution in [0.4, 0.5) is 0 Å². The Morgan fingerprint density at radius 2 is 1.94 bits per heavy atom. The van der Waals surface area contributed by atoms with E-state index in [1.165, 1.54) is 3.57 Å². The first-order valence-electron chi connectivity index (χ1n) is 4.90. The molecule has 84 valence electrons. The van der Waals surface area contributed by atoms with Gasteiger partial charge in [0.1, 0.15) is 5.52 Å². The third-order valence-corrected chi connectivity index (χ3v) is 3.23. The molecule has 0 N–H and O–H groups in total. The van der Waals surface area contributed by atoms with Crippen molar-refractivity contribution in [1.82, 2.24) is 9.97 Å². The summed E-state index contributed by atoms with van der Waals surface area (Å²) in [6.07, 6.45) is 1.55. The van der Waals surface area contributed by atoms with Crippen LogP contribution in [0.1, 0.15) is 0 Å². The first-order chi connectivity index (χ1) is 8.22. The molecule has 0 saturated carbocycles. The van der Waals surface area contributed by atoms with Crippen molar-refractivity contribution in [3.8, 4) is 11.5 Å². The van der Waals surface area contributed by atoms with Crippen LogP contribution in [0.2, 0.25) is 5.02 Å². The van der Waals surface area contributed by atoms with Gasteiger partial charge in [0.15, 0.2) is 0 Å². The number of nitrogens with zero attached hydrogens (tertiary/aromatic N) is 2. The Labute approximate surface area is 116 Å². The summed E-state index contributed by atoms with van der Waals surface area (Å²) < 4.78 is 6.74. The van der Waals surface area contributed by atoms with E-state index in [-0.39, 0.29) is 0 Å². The summed E-state index contributed by atoms with van der Waals surface area (Å²) in [7, 11) is 0. The fourth-order valence-electron chi connectivity index (χ4n) is 1.51. The maximum Gasteiger partial charge on any atom is 0.247 e. The van der Waals surface area contributed by atoms with E-state index >= 15 is 0 Å². The van der Waals surface area contributed by atoms with Gasteiger partial charge in [-0.15, -0.1) is 0 Å². The first-order valence-corrected chi connectivity index (χ1v) is 6.36. The van der Waals surface area contributed by atoms with Crippen molar-refractivity contribution >= 4 is 45.4 Å². The number of oxazole rings is 1. The van der Waals surface area contributed by atoms with Crippen LogP contribution in [-0.2, 0) is 0 Å². The van der Waals surface area contributed by atoms with Crippen LogP contribution in [-0.4, -0.2) is 9.97 Å². The Hall–Kier alpha value is -1.14. The Morgan fingerprint density at radius 1 is 1.18 bits per heavy atom. The van der Waals surface area contributed by atoms with Gasteiger partial charge in [-0.25, -0.2) is 9.97 Å². The van der Waals surface area contributed by atoms with Crippen LogP contribution in [0.3, 0.4) is 0 Å². The summed E-state index contributed by atoms with van der Waals surface area (Å²) in [5.74, 6) is 0.561. The van der Waals surface area contributed by atoms with Crippen LogP contribution in [0.25, 0.3) is 22.7 Å². The maximum absolute atomic E-state index is 5.85. The predicted octanol–water partition coefficient (Wildman–Crippen LogP) is 4.15. The average molecular weight is 357 g/mol. The van der Waals surface area contributed by atoms with E-state index in [1.54, 1.807) is 12.3 Å². The van der Waals surface area contributed by atoms with Crippen molar-refractivity contribution in [3.05, 3.63) is 45.1 Å². The molecule has 1 aromatic carbocycles. The van der Waals surface area contributed by atoms with Crippen molar-refractivity contribution in [2.75, 3.05) is 0 Å². The molecule has 2 aromatic heterocycles. The zero-order valence-electron chi connectivity index (χ0n) is 8.52. The number of halogens is 2. The van der Waals surface area contributed by atoms with Gasteiger partial charge in [-0.1, -0.05) is 11.6 Å². The van der Waals surface area contributed by atoms with Crippen LogP contribution in [0.15, 0.2) is 40.9 Å². The van der Waals surface area contributed by atoms with Crippen molar-refractivity contribution in [2.24, 2.45) is 0 Å². The van der Waals surface area contributed by atoms with Gasteiger partial charge in [0, 0.05) is 15.3 Å². The van der Waals surface area contributed by atoms with Gasteiger partial charge in [-0.2, -0.15) is 0 Å². The Balaban J connectivity index is 2.14. The number of hydrogen-bond acceptors (Lipinski definition) is 3. The number of benzene rings is 1. The zero-order valence-corrected chi connectivity index (χ0v) is 11.4. The van der Waals surface area contributed by atoms with Gasteiger partial charge >= 0.3 is 0 Å². The molecule has 0 aliphatic heterocycles. The van der Waals surface area contributed by atoms with Gasteiger partial charge in [-0.3, -0.25) is 0 Å².